The van der Waals surface area contributed by atoms with Crippen molar-refractivity contribution in [3.8, 4) is 0 Å². The van der Waals surface area contributed by atoms with Gasteiger partial charge in [0, 0.05) is 13.0 Å². The number of aliphatic hydroxyl groups is 2. The number of para-hydroxylation sites is 2. The van der Waals surface area contributed by atoms with Crippen LogP contribution in [0, 0.1) is 5.82 Å². The Kier molecular flexibility index (Phi) is 4.69. The second-order valence-corrected chi connectivity index (χ2v) is 5.52. The van der Waals surface area contributed by atoms with Crippen molar-refractivity contribution < 1.29 is 14.6 Å². The molecule has 1 aromatic heterocycles. The summed E-state index contributed by atoms with van der Waals surface area (Å²) < 4.78 is 15.0. The van der Waals surface area contributed by atoms with Crippen LogP contribution in [0.1, 0.15) is 23.9 Å². The minimum Gasteiger partial charge on any atom is -0.396 e. The van der Waals surface area contributed by atoms with E-state index in [1.165, 1.54) is 12.1 Å². The van der Waals surface area contributed by atoms with E-state index < -0.39 is 6.10 Å². The van der Waals surface area contributed by atoms with Gasteiger partial charge >= 0.3 is 0 Å². The van der Waals surface area contributed by atoms with Gasteiger partial charge in [-0.2, -0.15) is 0 Å². The first-order valence-electron chi connectivity index (χ1n) is 7.67. The van der Waals surface area contributed by atoms with Crippen LogP contribution in [0.3, 0.4) is 0 Å². The third kappa shape index (κ3) is 3.41. The Hall–Kier alpha value is -2.24. The van der Waals surface area contributed by atoms with Crippen LogP contribution in [0.15, 0.2) is 48.5 Å². The Morgan fingerprint density at radius 3 is 2.57 bits per heavy atom. The van der Waals surface area contributed by atoms with Crippen LogP contribution in [0.5, 0.6) is 0 Å². The molecule has 0 aliphatic carbocycles. The summed E-state index contributed by atoms with van der Waals surface area (Å²) in [5, 5.41) is 19.5. The molecule has 0 amide bonds. The fourth-order valence-corrected chi connectivity index (χ4v) is 2.72. The minimum atomic E-state index is -0.749. The Morgan fingerprint density at radius 1 is 1.09 bits per heavy atom. The lowest BCUT2D eigenvalue weighted by Gasteiger charge is -2.15. The van der Waals surface area contributed by atoms with Crippen molar-refractivity contribution in [2.24, 2.45) is 0 Å². The van der Waals surface area contributed by atoms with Gasteiger partial charge in [-0.1, -0.05) is 24.3 Å². The Balaban J connectivity index is 1.92. The summed E-state index contributed by atoms with van der Waals surface area (Å²) in [4.78, 5) is 4.59. The zero-order valence-electron chi connectivity index (χ0n) is 12.7. The number of benzene rings is 2. The van der Waals surface area contributed by atoms with Crippen LogP contribution in [-0.2, 0) is 13.0 Å². The summed E-state index contributed by atoms with van der Waals surface area (Å²) in [6.45, 7) is 0.441. The molecule has 1 atom stereocenters. The van der Waals surface area contributed by atoms with Crippen molar-refractivity contribution >= 4 is 11.0 Å². The van der Waals surface area contributed by atoms with E-state index in [-0.39, 0.29) is 12.4 Å². The molecule has 1 heterocycles. The molecule has 5 heteroatoms. The molecule has 0 fully saturated rings. The van der Waals surface area contributed by atoms with Gasteiger partial charge in [0.15, 0.2) is 0 Å². The predicted molar refractivity (Wildman–Crippen MR) is 86.5 cm³/mol. The zero-order chi connectivity index (χ0) is 16.2. The lowest BCUT2D eigenvalue weighted by atomic mass is 10.1. The first-order chi connectivity index (χ1) is 11.2. The number of hydrogen-bond donors (Lipinski definition) is 2. The molecule has 3 rings (SSSR count). The molecule has 2 aromatic carbocycles. The molecule has 4 nitrogen and oxygen atoms in total. The predicted octanol–water partition coefficient (Wildman–Crippen LogP) is 2.83. The number of aliphatic hydroxyl groups excluding tert-OH is 2. The maximum absolute atomic E-state index is 13.0. The van der Waals surface area contributed by atoms with Crippen LogP contribution < -0.4 is 0 Å². The van der Waals surface area contributed by atoms with Crippen LogP contribution in [0.4, 0.5) is 4.39 Å². The molecular formula is C18H19FN2O2. The van der Waals surface area contributed by atoms with E-state index in [2.05, 4.69) is 4.98 Å². The fraction of sp³-hybridized carbons (Fsp3) is 0.278. The molecule has 120 valence electrons. The van der Waals surface area contributed by atoms with Crippen molar-refractivity contribution in [2.45, 2.75) is 25.5 Å². The Labute approximate surface area is 133 Å². The average molecular weight is 314 g/mol. The largest absolute Gasteiger partial charge is 0.396 e. The summed E-state index contributed by atoms with van der Waals surface area (Å²) in [7, 11) is 0. The van der Waals surface area contributed by atoms with Crippen LogP contribution >= 0.6 is 0 Å². The van der Waals surface area contributed by atoms with Gasteiger partial charge in [-0.05, 0) is 36.2 Å². The van der Waals surface area contributed by atoms with Gasteiger partial charge in [0.05, 0.1) is 23.7 Å². The molecule has 0 radical (unpaired) electrons. The molecule has 0 aliphatic rings. The highest BCUT2D eigenvalue weighted by atomic mass is 19.1. The van der Waals surface area contributed by atoms with Gasteiger partial charge < -0.3 is 14.8 Å². The summed E-state index contributed by atoms with van der Waals surface area (Å²) in [6.07, 6.45) is 0.512. The lowest BCUT2D eigenvalue weighted by Crippen LogP contribution is -2.12. The number of hydrogen-bond acceptors (Lipinski definition) is 3. The normalized spacial score (nSPS) is 12.7. The van der Waals surface area contributed by atoms with Crippen molar-refractivity contribution in [1.82, 2.24) is 9.55 Å². The second-order valence-electron chi connectivity index (χ2n) is 5.52. The second kappa shape index (κ2) is 6.89. The van der Waals surface area contributed by atoms with E-state index in [0.29, 0.717) is 24.9 Å². The fourth-order valence-electron chi connectivity index (χ4n) is 2.72. The van der Waals surface area contributed by atoms with E-state index >= 15 is 0 Å². The first kappa shape index (κ1) is 15.6. The average Bonchev–Trinajstić information content (AvgIpc) is 2.91. The number of aryl methyl sites for hydroxylation is 1. The highest BCUT2D eigenvalue weighted by Gasteiger charge is 2.15. The van der Waals surface area contributed by atoms with Crippen molar-refractivity contribution in [2.75, 3.05) is 6.61 Å². The zero-order valence-corrected chi connectivity index (χ0v) is 12.7. The molecule has 2 N–H and O–H groups in total. The Morgan fingerprint density at radius 2 is 1.83 bits per heavy atom. The number of nitrogens with zero attached hydrogens (tertiary/aromatic N) is 2. The van der Waals surface area contributed by atoms with Gasteiger partial charge in [-0.3, -0.25) is 0 Å². The van der Waals surface area contributed by atoms with Crippen molar-refractivity contribution in [3.05, 3.63) is 65.7 Å². The Bertz CT molecular complexity index is 783. The van der Waals surface area contributed by atoms with Gasteiger partial charge in [0.2, 0.25) is 0 Å². The summed E-state index contributed by atoms with van der Waals surface area (Å²) in [6, 6.07) is 13.6. The number of imidazole rings is 1. The third-order valence-corrected chi connectivity index (χ3v) is 3.90. The monoisotopic (exact) mass is 314 g/mol. The topological polar surface area (TPSA) is 58.3 Å². The van der Waals surface area contributed by atoms with Gasteiger partial charge in [0.25, 0.3) is 0 Å². The first-order valence-corrected chi connectivity index (χ1v) is 7.67. The standard InChI is InChI=1S/C18H19FN2O2/c19-14-9-7-13(8-10-14)17(23)12-21-16-5-2-1-4-15(16)20-18(21)6-3-11-22/h1-2,4-5,7-10,17,22-23H,3,6,11-12H2/t17-/m1/s1. The maximum Gasteiger partial charge on any atom is 0.123 e. The molecule has 23 heavy (non-hydrogen) atoms. The summed E-state index contributed by atoms with van der Waals surface area (Å²) >= 11 is 0. The van der Waals surface area contributed by atoms with E-state index in [0.717, 1.165) is 16.9 Å². The van der Waals surface area contributed by atoms with Crippen molar-refractivity contribution in [1.29, 1.82) is 0 Å². The number of halogens is 1. The molecule has 0 spiro atoms. The molecule has 0 saturated carbocycles. The smallest absolute Gasteiger partial charge is 0.123 e. The lowest BCUT2D eigenvalue weighted by molar-refractivity contribution is 0.156. The van der Waals surface area contributed by atoms with Gasteiger partial charge in [-0.25, -0.2) is 9.37 Å². The van der Waals surface area contributed by atoms with E-state index in [1.807, 2.05) is 28.8 Å². The number of aromatic nitrogens is 2. The molecule has 3 aromatic rings. The van der Waals surface area contributed by atoms with Crippen molar-refractivity contribution in [3.63, 3.8) is 0 Å². The number of fused-ring (bicyclic) bond motifs is 1. The summed E-state index contributed by atoms with van der Waals surface area (Å²) in [5.41, 5.74) is 2.48. The van der Waals surface area contributed by atoms with Gasteiger partial charge in [0.1, 0.15) is 11.6 Å². The quantitative estimate of drug-likeness (QED) is 0.735. The highest BCUT2D eigenvalue weighted by Crippen LogP contribution is 2.22. The maximum atomic E-state index is 13.0. The SMILES string of the molecule is OCCCc1nc2ccccc2n1C[C@@H](O)c1ccc(F)cc1. The summed E-state index contributed by atoms with van der Waals surface area (Å²) in [5.74, 6) is 0.513. The van der Waals surface area contributed by atoms with E-state index in [4.69, 9.17) is 5.11 Å². The molecule has 0 saturated heterocycles. The molecule has 0 bridgehead atoms. The number of rotatable bonds is 6. The molecule has 0 unspecified atom stereocenters. The van der Waals surface area contributed by atoms with E-state index in [1.54, 1.807) is 12.1 Å². The third-order valence-electron chi connectivity index (χ3n) is 3.90. The van der Waals surface area contributed by atoms with Gasteiger partial charge in [-0.15, -0.1) is 0 Å². The van der Waals surface area contributed by atoms with Crippen LogP contribution in [0.25, 0.3) is 11.0 Å². The van der Waals surface area contributed by atoms with Crippen LogP contribution in [0.2, 0.25) is 0 Å². The van der Waals surface area contributed by atoms with E-state index in [9.17, 15) is 9.50 Å². The highest BCUT2D eigenvalue weighted by molar-refractivity contribution is 5.75. The van der Waals surface area contributed by atoms with Crippen LogP contribution in [-0.4, -0.2) is 26.4 Å². The molecule has 0 aliphatic heterocycles. The minimum absolute atomic E-state index is 0.101. The molecular weight excluding hydrogens is 295 g/mol.